The highest BCUT2D eigenvalue weighted by Crippen LogP contribution is 2.10. The smallest absolute Gasteiger partial charge is 0.145 e. The lowest BCUT2D eigenvalue weighted by Crippen LogP contribution is -1.93. The maximum Gasteiger partial charge on any atom is 0.145 e. The fourth-order valence-electron chi connectivity index (χ4n) is 1.40. The van der Waals surface area contributed by atoms with Crippen molar-refractivity contribution in [1.29, 1.82) is 0 Å². The molecule has 2 aromatic carbocycles. The van der Waals surface area contributed by atoms with Gasteiger partial charge in [0.25, 0.3) is 0 Å². The molecule has 0 fully saturated rings. The summed E-state index contributed by atoms with van der Waals surface area (Å²) in [6, 6.07) is 12.6. The van der Waals surface area contributed by atoms with E-state index in [-0.39, 0.29) is 12.2 Å². The van der Waals surface area contributed by atoms with E-state index in [0.717, 1.165) is 23.8 Å². The molecule has 0 aliphatic rings. The topological polar surface area (TPSA) is 21.6 Å². The van der Waals surface area contributed by atoms with Gasteiger partial charge in [0.1, 0.15) is 18.2 Å². The Hall–Kier alpha value is -2.23. The first-order valence-electron chi connectivity index (χ1n) is 5.40. The maximum absolute atomic E-state index is 13.2. The average molecular weight is 247 g/mol. The molecule has 0 aliphatic heterocycles. The summed E-state index contributed by atoms with van der Waals surface area (Å²) in [5.41, 5.74) is 1.01. The Morgan fingerprint density at radius 1 is 1.06 bits per heavy atom. The Kier molecular flexibility index (Phi) is 4.02. The maximum atomic E-state index is 13.2. The molecule has 0 N–H and O–H groups in total. The molecule has 0 saturated carbocycles. The molecule has 0 heterocycles. The van der Waals surface area contributed by atoms with Crippen LogP contribution in [0.25, 0.3) is 0 Å². The van der Waals surface area contributed by atoms with Gasteiger partial charge in [-0.25, -0.2) is 8.78 Å². The molecule has 2 aromatic rings. The number of benzene rings is 2. The molecule has 18 heavy (non-hydrogen) atoms. The van der Waals surface area contributed by atoms with Crippen LogP contribution in [0.5, 0.6) is 0 Å². The number of hydrogen-bond acceptors (Lipinski definition) is 2. The van der Waals surface area contributed by atoms with Crippen molar-refractivity contribution < 1.29 is 13.6 Å². The zero-order valence-corrected chi connectivity index (χ0v) is 9.51. The van der Waals surface area contributed by atoms with Crippen molar-refractivity contribution in [2.75, 3.05) is 0 Å². The van der Waals surface area contributed by atoms with Gasteiger partial charge in [0.2, 0.25) is 0 Å². The van der Waals surface area contributed by atoms with Crippen LogP contribution in [0.4, 0.5) is 8.78 Å². The van der Waals surface area contributed by atoms with E-state index < -0.39 is 11.6 Å². The zero-order chi connectivity index (χ0) is 12.8. The highest BCUT2D eigenvalue weighted by atomic mass is 19.1. The Balaban J connectivity index is 1.92. The molecule has 0 aromatic heterocycles. The minimum Gasteiger partial charge on any atom is -0.391 e. The van der Waals surface area contributed by atoms with Crippen LogP contribution in [0, 0.1) is 11.6 Å². The fraction of sp³-hybridized carbons (Fsp3) is 0.0714. The lowest BCUT2D eigenvalue weighted by Gasteiger charge is -2.01. The molecule has 4 heteroatoms. The van der Waals surface area contributed by atoms with Crippen molar-refractivity contribution in [2.45, 2.75) is 6.61 Å². The summed E-state index contributed by atoms with van der Waals surface area (Å²) in [4.78, 5) is 4.92. The standard InChI is InChI=1S/C14H11F2NO/c15-13-6-7-14(16)12(8-13)10-18-17-9-11-4-2-1-3-5-11/h1-9H,10H2. The third-order valence-electron chi connectivity index (χ3n) is 2.30. The molecule has 92 valence electrons. The molecule has 0 bridgehead atoms. The van der Waals surface area contributed by atoms with Crippen molar-refractivity contribution in [3.8, 4) is 0 Å². The van der Waals surface area contributed by atoms with Crippen LogP contribution < -0.4 is 0 Å². The third kappa shape index (κ3) is 3.38. The van der Waals surface area contributed by atoms with Gasteiger partial charge in [-0.3, -0.25) is 0 Å². The van der Waals surface area contributed by atoms with Gasteiger partial charge in [-0.1, -0.05) is 35.5 Å². The van der Waals surface area contributed by atoms with Crippen LogP contribution in [0.15, 0.2) is 53.7 Å². The minimum absolute atomic E-state index is 0.104. The van der Waals surface area contributed by atoms with Crippen LogP contribution in [-0.2, 0) is 11.4 Å². The second-order valence-corrected chi connectivity index (χ2v) is 3.65. The summed E-state index contributed by atoms with van der Waals surface area (Å²) in [6.45, 7) is -0.104. The monoisotopic (exact) mass is 247 g/mol. The molecule has 2 nitrogen and oxygen atoms in total. The Bertz CT molecular complexity index is 541. The Morgan fingerprint density at radius 3 is 2.61 bits per heavy atom. The molecule has 0 aliphatic carbocycles. The second kappa shape index (κ2) is 5.91. The molecule has 0 radical (unpaired) electrons. The Labute approximate surface area is 104 Å². The number of hydrogen-bond donors (Lipinski definition) is 0. The molecular formula is C14H11F2NO. The molecular weight excluding hydrogens is 236 g/mol. The van der Waals surface area contributed by atoms with Crippen LogP contribution in [0.2, 0.25) is 0 Å². The van der Waals surface area contributed by atoms with Gasteiger partial charge in [0.15, 0.2) is 0 Å². The lowest BCUT2D eigenvalue weighted by atomic mass is 10.2. The quantitative estimate of drug-likeness (QED) is 0.598. The summed E-state index contributed by atoms with van der Waals surface area (Å²) >= 11 is 0. The zero-order valence-electron chi connectivity index (χ0n) is 9.51. The summed E-state index contributed by atoms with van der Waals surface area (Å²) in [7, 11) is 0. The van der Waals surface area contributed by atoms with Crippen LogP contribution in [0.1, 0.15) is 11.1 Å². The van der Waals surface area contributed by atoms with Gasteiger partial charge >= 0.3 is 0 Å². The summed E-state index contributed by atoms with van der Waals surface area (Å²) in [5.74, 6) is -1.01. The lowest BCUT2D eigenvalue weighted by molar-refractivity contribution is 0.129. The van der Waals surface area contributed by atoms with E-state index in [1.54, 1.807) is 0 Å². The van der Waals surface area contributed by atoms with Gasteiger partial charge < -0.3 is 4.84 Å². The SMILES string of the molecule is Fc1ccc(F)c(CON=Cc2ccccc2)c1. The summed E-state index contributed by atoms with van der Waals surface area (Å²) in [5, 5.41) is 3.69. The molecule has 0 saturated heterocycles. The van der Waals surface area contributed by atoms with Gasteiger partial charge in [0.05, 0.1) is 6.21 Å². The molecule has 0 spiro atoms. The van der Waals surface area contributed by atoms with E-state index in [2.05, 4.69) is 5.16 Å². The number of nitrogens with zero attached hydrogens (tertiary/aromatic N) is 1. The van der Waals surface area contributed by atoms with E-state index in [1.807, 2.05) is 30.3 Å². The fourth-order valence-corrected chi connectivity index (χ4v) is 1.40. The number of halogens is 2. The summed E-state index contributed by atoms with van der Waals surface area (Å²) in [6.07, 6.45) is 1.51. The number of rotatable bonds is 4. The predicted molar refractivity (Wildman–Crippen MR) is 65.2 cm³/mol. The van der Waals surface area contributed by atoms with Crippen LogP contribution >= 0.6 is 0 Å². The van der Waals surface area contributed by atoms with E-state index in [0.29, 0.717) is 0 Å². The van der Waals surface area contributed by atoms with E-state index in [9.17, 15) is 8.78 Å². The molecule has 0 atom stereocenters. The minimum atomic E-state index is -0.508. The van der Waals surface area contributed by atoms with Gasteiger partial charge in [-0.15, -0.1) is 0 Å². The van der Waals surface area contributed by atoms with E-state index >= 15 is 0 Å². The average Bonchev–Trinajstić information content (AvgIpc) is 2.40. The first kappa shape index (κ1) is 12.2. The number of oxime groups is 1. The van der Waals surface area contributed by atoms with Crippen LogP contribution in [0.3, 0.4) is 0 Å². The van der Waals surface area contributed by atoms with E-state index in [1.165, 1.54) is 6.21 Å². The first-order valence-corrected chi connectivity index (χ1v) is 5.40. The van der Waals surface area contributed by atoms with Gasteiger partial charge in [-0.05, 0) is 23.8 Å². The third-order valence-corrected chi connectivity index (χ3v) is 2.30. The highest BCUT2D eigenvalue weighted by Gasteiger charge is 2.03. The normalized spacial score (nSPS) is 10.8. The molecule has 0 unspecified atom stereocenters. The Morgan fingerprint density at radius 2 is 1.83 bits per heavy atom. The van der Waals surface area contributed by atoms with Gasteiger partial charge in [0, 0.05) is 5.56 Å². The van der Waals surface area contributed by atoms with Crippen molar-refractivity contribution in [3.63, 3.8) is 0 Å². The predicted octanol–water partition coefficient (Wildman–Crippen LogP) is 3.52. The molecule has 0 amide bonds. The molecule has 2 rings (SSSR count). The van der Waals surface area contributed by atoms with Crippen molar-refractivity contribution in [2.24, 2.45) is 5.16 Å². The second-order valence-electron chi connectivity index (χ2n) is 3.65. The van der Waals surface area contributed by atoms with E-state index in [4.69, 9.17) is 4.84 Å². The van der Waals surface area contributed by atoms with Crippen molar-refractivity contribution in [1.82, 2.24) is 0 Å². The largest absolute Gasteiger partial charge is 0.391 e. The van der Waals surface area contributed by atoms with Crippen molar-refractivity contribution in [3.05, 3.63) is 71.3 Å². The van der Waals surface area contributed by atoms with Crippen molar-refractivity contribution >= 4 is 6.21 Å². The van der Waals surface area contributed by atoms with Crippen LogP contribution in [-0.4, -0.2) is 6.21 Å². The first-order chi connectivity index (χ1) is 8.75. The highest BCUT2D eigenvalue weighted by molar-refractivity contribution is 5.78. The van der Waals surface area contributed by atoms with Gasteiger partial charge in [-0.2, -0.15) is 0 Å². The summed E-state index contributed by atoms with van der Waals surface area (Å²) < 4.78 is 26.1.